The molecule has 1 aliphatic heterocycles. The highest BCUT2D eigenvalue weighted by Gasteiger charge is 2.49. The number of benzene rings is 1. The molecule has 2 rings (SSSR count). The Morgan fingerprint density at radius 3 is 2.37 bits per heavy atom. The summed E-state index contributed by atoms with van der Waals surface area (Å²) in [7, 11) is -1.50. The number of hydrogen-bond acceptors (Lipinski definition) is 3. The molecule has 4 heteroatoms. The van der Waals surface area contributed by atoms with Gasteiger partial charge >= 0.3 is 0 Å². The van der Waals surface area contributed by atoms with Crippen LogP contribution in [-0.4, -0.2) is 29.8 Å². The normalized spacial score (nSPS) is 19.3. The van der Waals surface area contributed by atoms with Gasteiger partial charge in [-0.05, 0) is 37.3 Å². The first-order valence-corrected chi connectivity index (χ1v) is 12.1. The van der Waals surface area contributed by atoms with E-state index < -0.39 is 8.07 Å². The van der Waals surface area contributed by atoms with Gasteiger partial charge in [0.25, 0.3) is 0 Å². The van der Waals surface area contributed by atoms with Crippen molar-refractivity contribution in [1.29, 1.82) is 0 Å². The lowest BCUT2D eigenvalue weighted by molar-refractivity contribution is 0.757. The molecule has 0 saturated carbocycles. The smallest absolute Gasteiger partial charge is 0.110 e. The van der Waals surface area contributed by atoms with Crippen LogP contribution in [0.3, 0.4) is 0 Å². The molecular weight excluding hydrogens is 286 g/mol. The van der Waals surface area contributed by atoms with Gasteiger partial charge in [0, 0.05) is 0 Å². The van der Waals surface area contributed by atoms with Crippen LogP contribution in [-0.2, 0) is 0 Å². The Balaban J connectivity index is 2.30. The van der Waals surface area contributed by atoms with Crippen LogP contribution < -0.4 is 10.9 Å². The van der Waals surface area contributed by atoms with E-state index in [4.69, 9.17) is 5.73 Å². The summed E-state index contributed by atoms with van der Waals surface area (Å²) in [5.74, 6) is 2.64. The summed E-state index contributed by atoms with van der Waals surface area (Å²) >= 11 is 4.44. The van der Waals surface area contributed by atoms with Crippen molar-refractivity contribution in [2.24, 2.45) is 5.73 Å². The molecule has 1 saturated heterocycles. The molecule has 2 N–H and O–H groups in total. The van der Waals surface area contributed by atoms with E-state index in [9.17, 15) is 0 Å². The number of thioether (sulfide) groups is 2. The second-order valence-corrected chi connectivity index (χ2v) is 14.1. The highest BCUT2D eigenvalue weighted by molar-refractivity contribution is 8.21. The first-order valence-electron chi connectivity index (χ1n) is 7.16. The standard InChI is InChI=1S/C15H25NS2Si/c1-19(2,14-8-4-3-5-9-14)15(10-6-11-16)17-12-7-13-18-15/h3-5,8-9H,6-7,10-13,16H2,1-2H3. The van der Waals surface area contributed by atoms with Crippen molar-refractivity contribution in [1.82, 2.24) is 0 Å². The summed E-state index contributed by atoms with van der Waals surface area (Å²) in [5.41, 5.74) is 5.78. The van der Waals surface area contributed by atoms with Gasteiger partial charge in [0.05, 0.1) is 3.70 Å². The van der Waals surface area contributed by atoms with Crippen molar-refractivity contribution >= 4 is 36.8 Å². The summed E-state index contributed by atoms with van der Waals surface area (Å²) in [6.45, 7) is 5.91. The second kappa shape index (κ2) is 6.70. The lowest BCUT2D eigenvalue weighted by Crippen LogP contribution is -2.59. The molecule has 0 aliphatic carbocycles. The average molecular weight is 312 g/mol. The summed E-state index contributed by atoms with van der Waals surface area (Å²) in [6, 6.07) is 11.2. The molecule has 1 aromatic carbocycles. The lowest BCUT2D eigenvalue weighted by Gasteiger charge is -2.47. The first kappa shape index (κ1) is 15.5. The van der Waals surface area contributed by atoms with Crippen LogP contribution in [0.4, 0.5) is 0 Å². The van der Waals surface area contributed by atoms with Crippen LogP contribution in [0.2, 0.25) is 13.1 Å². The van der Waals surface area contributed by atoms with Crippen LogP contribution in [0.15, 0.2) is 30.3 Å². The monoisotopic (exact) mass is 311 g/mol. The van der Waals surface area contributed by atoms with Gasteiger partial charge < -0.3 is 5.73 Å². The van der Waals surface area contributed by atoms with Crippen molar-refractivity contribution in [3.05, 3.63) is 30.3 Å². The third kappa shape index (κ3) is 3.23. The maximum Gasteiger partial charge on any atom is 0.110 e. The van der Waals surface area contributed by atoms with Crippen molar-refractivity contribution < 1.29 is 0 Å². The Morgan fingerprint density at radius 1 is 1.16 bits per heavy atom. The number of rotatable bonds is 5. The Hall–Kier alpha value is 0.0969. The van der Waals surface area contributed by atoms with Gasteiger partial charge in [0.1, 0.15) is 8.07 Å². The van der Waals surface area contributed by atoms with E-state index in [1.807, 2.05) is 0 Å². The SMILES string of the molecule is C[Si](C)(c1ccccc1)C1(CCCN)SCCCS1. The van der Waals surface area contributed by atoms with E-state index in [0.717, 1.165) is 13.0 Å². The first-order chi connectivity index (χ1) is 9.12. The largest absolute Gasteiger partial charge is 0.330 e. The average Bonchev–Trinajstić information content (AvgIpc) is 2.47. The molecule has 106 valence electrons. The topological polar surface area (TPSA) is 26.0 Å². The minimum absolute atomic E-state index is 0.423. The van der Waals surface area contributed by atoms with E-state index in [2.05, 4.69) is 66.9 Å². The van der Waals surface area contributed by atoms with E-state index >= 15 is 0 Å². The van der Waals surface area contributed by atoms with Crippen LogP contribution in [0.1, 0.15) is 19.3 Å². The van der Waals surface area contributed by atoms with Gasteiger partial charge in [0.2, 0.25) is 0 Å². The zero-order valence-corrected chi connectivity index (χ0v) is 14.7. The summed E-state index contributed by atoms with van der Waals surface area (Å²) in [4.78, 5) is 0. The molecule has 1 fully saturated rings. The number of hydrogen-bond donors (Lipinski definition) is 1. The molecule has 1 nitrogen and oxygen atoms in total. The van der Waals surface area contributed by atoms with Gasteiger partial charge in [-0.2, -0.15) is 0 Å². The van der Waals surface area contributed by atoms with Crippen molar-refractivity contribution in [2.45, 2.75) is 36.1 Å². The Morgan fingerprint density at radius 2 is 1.79 bits per heavy atom. The van der Waals surface area contributed by atoms with Crippen LogP contribution in [0.5, 0.6) is 0 Å². The Bertz CT molecular complexity index is 388. The van der Waals surface area contributed by atoms with Gasteiger partial charge in [-0.3, -0.25) is 0 Å². The fourth-order valence-corrected chi connectivity index (χ4v) is 12.1. The molecule has 1 heterocycles. The fourth-order valence-electron chi connectivity index (χ4n) is 2.80. The molecular formula is C15H25NS2Si. The molecule has 1 aliphatic rings. The highest BCUT2D eigenvalue weighted by Crippen LogP contribution is 2.51. The maximum absolute atomic E-state index is 5.78. The summed E-state index contributed by atoms with van der Waals surface area (Å²) in [6.07, 6.45) is 3.79. The van der Waals surface area contributed by atoms with Gasteiger partial charge in [-0.25, -0.2) is 0 Å². The quantitative estimate of drug-likeness (QED) is 0.844. The molecule has 0 aromatic heterocycles. The minimum Gasteiger partial charge on any atom is -0.330 e. The predicted octanol–water partition coefficient (Wildman–Crippen LogP) is 3.45. The molecule has 0 amide bonds. The Kier molecular flexibility index (Phi) is 5.46. The second-order valence-electron chi connectivity index (χ2n) is 5.69. The third-order valence-corrected chi connectivity index (χ3v) is 15.0. The van der Waals surface area contributed by atoms with Crippen LogP contribution in [0.25, 0.3) is 0 Å². The van der Waals surface area contributed by atoms with Gasteiger partial charge in [-0.15, -0.1) is 23.5 Å². The zero-order valence-electron chi connectivity index (χ0n) is 12.0. The third-order valence-electron chi connectivity index (χ3n) is 4.12. The molecule has 19 heavy (non-hydrogen) atoms. The van der Waals surface area contributed by atoms with Gasteiger partial charge in [-0.1, -0.05) is 48.6 Å². The van der Waals surface area contributed by atoms with Crippen molar-refractivity contribution in [3.63, 3.8) is 0 Å². The zero-order chi connectivity index (χ0) is 13.8. The minimum atomic E-state index is -1.50. The molecule has 1 aromatic rings. The van der Waals surface area contributed by atoms with E-state index in [-0.39, 0.29) is 0 Å². The summed E-state index contributed by atoms with van der Waals surface area (Å²) < 4.78 is 0.423. The maximum atomic E-state index is 5.78. The highest BCUT2D eigenvalue weighted by atomic mass is 32.2. The number of nitrogens with two attached hydrogens (primary N) is 1. The molecule has 0 unspecified atom stereocenters. The van der Waals surface area contributed by atoms with Crippen LogP contribution in [0, 0.1) is 0 Å². The Labute approximate surface area is 127 Å². The van der Waals surface area contributed by atoms with Crippen LogP contribution >= 0.6 is 23.5 Å². The van der Waals surface area contributed by atoms with E-state index in [1.54, 1.807) is 5.19 Å². The van der Waals surface area contributed by atoms with E-state index in [1.165, 1.54) is 24.3 Å². The van der Waals surface area contributed by atoms with Crippen molar-refractivity contribution in [3.8, 4) is 0 Å². The summed E-state index contributed by atoms with van der Waals surface area (Å²) in [5, 5.41) is 1.59. The van der Waals surface area contributed by atoms with Gasteiger partial charge in [0.15, 0.2) is 0 Å². The van der Waals surface area contributed by atoms with Crippen molar-refractivity contribution in [2.75, 3.05) is 18.1 Å². The molecule has 0 radical (unpaired) electrons. The predicted molar refractivity (Wildman–Crippen MR) is 94.1 cm³/mol. The van der Waals surface area contributed by atoms with E-state index in [0.29, 0.717) is 3.70 Å². The molecule has 0 bridgehead atoms. The lowest BCUT2D eigenvalue weighted by atomic mass is 10.3. The fraction of sp³-hybridized carbons (Fsp3) is 0.600. The molecule has 0 atom stereocenters. The molecule has 0 spiro atoms.